The summed E-state index contributed by atoms with van der Waals surface area (Å²) in [6.07, 6.45) is 3.76. The first-order valence-corrected chi connectivity index (χ1v) is 11.5. The number of aromatic nitrogens is 5. The predicted octanol–water partition coefficient (Wildman–Crippen LogP) is 4.85. The van der Waals surface area contributed by atoms with Crippen molar-refractivity contribution in [2.75, 3.05) is 13.2 Å². The van der Waals surface area contributed by atoms with Crippen LogP contribution in [0.4, 0.5) is 4.39 Å². The molecule has 6 rings (SSSR count). The van der Waals surface area contributed by atoms with Gasteiger partial charge in [-0.15, -0.1) is 10.2 Å². The van der Waals surface area contributed by atoms with Gasteiger partial charge in [-0.25, -0.2) is 4.39 Å². The van der Waals surface area contributed by atoms with Crippen LogP contribution in [-0.4, -0.2) is 43.5 Å². The van der Waals surface area contributed by atoms with Gasteiger partial charge in [0.05, 0.1) is 5.52 Å². The van der Waals surface area contributed by atoms with Gasteiger partial charge < -0.3 is 14.4 Å². The van der Waals surface area contributed by atoms with Gasteiger partial charge >= 0.3 is 0 Å². The summed E-state index contributed by atoms with van der Waals surface area (Å²) >= 11 is 0. The van der Waals surface area contributed by atoms with Crippen LogP contribution in [0.25, 0.3) is 16.6 Å². The van der Waals surface area contributed by atoms with Crippen molar-refractivity contribution in [3.05, 3.63) is 64.9 Å². The molecule has 2 aromatic carbocycles. The fourth-order valence-electron chi connectivity index (χ4n) is 5.58. The van der Waals surface area contributed by atoms with Gasteiger partial charge in [0.15, 0.2) is 5.82 Å². The van der Waals surface area contributed by atoms with Crippen LogP contribution in [0.3, 0.4) is 0 Å². The average molecular weight is 448 g/mol. The van der Waals surface area contributed by atoms with Crippen molar-refractivity contribution in [3.63, 3.8) is 0 Å². The maximum atomic E-state index is 14.1. The van der Waals surface area contributed by atoms with Crippen molar-refractivity contribution < 1.29 is 14.2 Å². The van der Waals surface area contributed by atoms with Crippen LogP contribution in [0.15, 0.2) is 36.4 Å². The number of rotatable bonds is 4. The van der Waals surface area contributed by atoms with Crippen molar-refractivity contribution in [1.82, 2.24) is 25.2 Å². The highest BCUT2D eigenvalue weighted by atomic mass is 19.1. The lowest BCUT2D eigenvalue weighted by molar-refractivity contribution is 0.0838. The highest BCUT2D eigenvalue weighted by Gasteiger charge is 2.39. The van der Waals surface area contributed by atoms with E-state index in [2.05, 4.69) is 25.2 Å². The molecule has 2 fully saturated rings. The Morgan fingerprint density at radius 1 is 1.06 bits per heavy atom. The lowest BCUT2D eigenvalue weighted by atomic mass is 9.69. The molecule has 1 aliphatic carbocycles. The second-order valence-corrected chi connectivity index (χ2v) is 9.29. The number of benzene rings is 2. The number of fused-ring (bicyclic) bond motifs is 1. The third-order valence-electron chi connectivity index (χ3n) is 7.31. The summed E-state index contributed by atoms with van der Waals surface area (Å²) in [5, 5.41) is 26.1. The van der Waals surface area contributed by atoms with Crippen LogP contribution in [0.1, 0.15) is 66.1 Å². The number of tetrazole rings is 1. The number of phenolic OH excluding ortho intramolecular Hbond substituents is 1. The summed E-state index contributed by atoms with van der Waals surface area (Å²) in [6, 6.07) is 10.9. The van der Waals surface area contributed by atoms with E-state index >= 15 is 0 Å². The number of ether oxygens (including phenoxy) is 1. The molecule has 4 aromatic rings. The quantitative estimate of drug-likeness (QED) is 0.467. The van der Waals surface area contributed by atoms with Crippen LogP contribution < -0.4 is 0 Å². The smallest absolute Gasteiger partial charge is 0.177 e. The monoisotopic (exact) mass is 447 g/mol. The molecule has 0 unspecified atom stereocenters. The molecule has 3 heterocycles. The van der Waals surface area contributed by atoms with E-state index in [9.17, 15) is 9.50 Å². The van der Waals surface area contributed by atoms with E-state index in [1.807, 2.05) is 24.3 Å². The minimum absolute atomic E-state index is 0.206. The van der Waals surface area contributed by atoms with E-state index in [4.69, 9.17) is 4.74 Å². The predicted molar refractivity (Wildman–Crippen MR) is 121 cm³/mol. The van der Waals surface area contributed by atoms with Crippen LogP contribution in [0, 0.1) is 12.7 Å². The molecule has 2 aromatic heterocycles. The molecule has 1 aliphatic heterocycles. The molecule has 170 valence electrons. The number of nitrogens with zero attached hydrogens (tertiary/aromatic N) is 4. The van der Waals surface area contributed by atoms with E-state index < -0.39 is 0 Å². The molecule has 0 amide bonds. The van der Waals surface area contributed by atoms with Crippen LogP contribution in [-0.2, 0) is 4.74 Å². The van der Waals surface area contributed by atoms with E-state index in [1.165, 1.54) is 11.3 Å². The first-order valence-electron chi connectivity index (χ1n) is 11.5. The normalized spacial score (nSPS) is 21.4. The van der Waals surface area contributed by atoms with Gasteiger partial charge in [0.1, 0.15) is 11.6 Å². The highest BCUT2D eigenvalue weighted by molar-refractivity contribution is 5.89. The van der Waals surface area contributed by atoms with Crippen molar-refractivity contribution in [2.45, 2.75) is 50.4 Å². The summed E-state index contributed by atoms with van der Waals surface area (Å²) in [7, 11) is 0. The molecule has 0 spiro atoms. The zero-order valence-electron chi connectivity index (χ0n) is 18.5. The molecule has 8 heteroatoms. The zero-order chi connectivity index (χ0) is 22.5. The maximum Gasteiger partial charge on any atom is 0.177 e. The topological polar surface area (TPSA) is 88.9 Å². The number of halogens is 1. The van der Waals surface area contributed by atoms with Crippen LogP contribution in [0.5, 0.6) is 5.75 Å². The Balaban J connectivity index is 1.55. The van der Waals surface area contributed by atoms with E-state index in [-0.39, 0.29) is 17.5 Å². The van der Waals surface area contributed by atoms with E-state index in [1.54, 1.807) is 19.1 Å². The Kier molecular flexibility index (Phi) is 4.90. The number of hydrogen-bond acceptors (Lipinski definition) is 5. The molecule has 2 N–H and O–H groups in total. The van der Waals surface area contributed by atoms with Crippen molar-refractivity contribution in [2.24, 2.45) is 0 Å². The zero-order valence-corrected chi connectivity index (χ0v) is 18.5. The minimum atomic E-state index is -0.206. The molecule has 0 atom stereocenters. The van der Waals surface area contributed by atoms with Gasteiger partial charge in [0.2, 0.25) is 0 Å². The summed E-state index contributed by atoms with van der Waals surface area (Å²) in [4.78, 5) is 0. The number of hydrogen-bond donors (Lipinski definition) is 2. The van der Waals surface area contributed by atoms with Gasteiger partial charge in [-0.2, -0.15) is 5.21 Å². The molecule has 2 aliphatic rings. The van der Waals surface area contributed by atoms with Crippen molar-refractivity contribution in [3.8, 4) is 11.4 Å². The number of nitrogens with one attached hydrogen (secondary N) is 1. The minimum Gasteiger partial charge on any atom is -0.508 e. The van der Waals surface area contributed by atoms with Crippen LogP contribution in [0.2, 0.25) is 0 Å². The molecule has 1 saturated carbocycles. The van der Waals surface area contributed by atoms with E-state index in [0.717, 1.165) is 61.3 Å². The molecular weight excluding hydrogens is 421 g/mol. The fraction of sp³-hybridized carbons (Fsp3) is 0.400. The van der Waals surface area contributed by atoms with E-state index in [0.29, 0.717) is 17.4 Å². The van der Waals surface area contributed by atoms with Crippen molar-refractivity contribution in [1.29, 1.82) is 0 Å². The highest BCUT2D eigenvalue weighted by Crippen LogP contribution is 2.52. The number of aryl methyl sites for hydroxylation is 1. The molecule has 7 nitrogen and oxygen atoms in total. The summed E-state index contributed by atoms with van der Waals surface area (Å²) < 4.78 is 22.1. The second kappa shape index (κ2) is 7.95. The number of aromatic hydroxyl groups is 1. The first kappa shape index (κ1) is 20.4. The Labute approximate surface area is 190 Å². The first-order chi connectivity index (χ1) is 16.1. The molecule has 33 heavy (non-hydrogen) atoms. The van der Waals surface area contributed by atoms with Gasteiger partial charge in [-0.3, -0.25) is 0 Å². The average Bonchev–Trinajstić information content (AvgIpc) is 3.42. The number of phenols is 1. The summed E-state index contributed by atoms with van der Waals surface area (Å²) in [5.41, 5.74) is 5.16. The third kappa shape index (κ3) is 3.40. The van der Waals surface area contributed by atoms with Gasteiger partial charge in [0.25, 0.3) is 0 Å². The molecular formula is C25H26FN5O2. The molecule has 0 bridgehead atoms. The summed E-state index contributed by atoms with van der Waals surface area (Å²) in [6.45, 7) is 3.26. The third-order valence-corrected chi connectivity index (χ3v) is 7.31. The van der Waals surface area contributed by atoms with Gasteiger partial charge in [-0.1, -0.05) is 5.21 Å². The summed E-state index contributed by atoms with van der Waals surface area (Å²) in [5.74, 6) is 1.75. The Hall–Kier alpha value is -3.26. The standard InChI is InChI=1S/C25H26FN5O2/c1-14-10-18(2-4-21(14)26)31-22-5-3-19(32)13-20(22)23(24(31)15-6-8-33-9-7-15)16-11-17(12-16)25-27-29-30-28-25/h2-5,10,13,15-17,32H,6-9,11-12H2,1H3,(H,27,28,29,30)/t16-,17-. The van der Waals surface area contributed by atoms with Gasteiger partial charge in [0, 0.05) is 41.8 Å². The number of H-pyrrole nitrogens is 1. The SMILES string of the molecule is Cc1cc(-n2c(C3CCOCC3)c([C@H]3C[C@H](c4nn[nH]n4)C3)c3cc(O)ccc32)ccc1F. The van der Waals surface area contributed by atoms with Crippen LogP contribution >= 0.6 is 0 Å². The lowest BCUT2D eigenvalue weighted by Crippen LogP contribution is -2.24. The number of aromatic amines is 1. The van der Waals surface area contributed by atoms with Crippen molar-refractivity contribution >= 4 is 10.9 Å². The largest absolute Gasteiger partial charge is 0.508 e. The Bertz CT molecular complexity index is 1300. The fourth-order valence-corrected chi connectivity index (χ4v) is 5.58. The lowest BCUT2D eigenvalue weighted by Gasteiger charge is -2.36. The Morgan fingerprint density at radius 3 is 2.61 bits per heavy atom. The molecule has 0 radical (unpaired) electrons. The maximum absolute atomic E-state index is 14.1. The Morgan fingerprint density at radius 2 is 1.88 bits per heavy atom. The molecule has 1 saturated heterocycles. The van der Waals surface area contributed by atoms with Gasteiger partial charge in [-0.05, 0) is 86.1 Å². The second-order valence-electron chi connectivity index (χ2n) is 9.29.